The van der Waals surface area contributed by atoms with Crippen LogP contribution in [0.5, 0.6) is 0 Å². The Bertz CT molecular complexity index is 1460. The third-order valence-corrected chi connectivity index (χ3v) is 12.9. The van der Waals surface area contributed by atoms with Crippen molar-refractivity contribution in [2.24, 2.45) is 0 Å². The van der Waals surface area contributed by atoms with Crippen molar-refractivity contribution in [2.75, 3.05) is 47.5 Å². The summed E-state index contributed by atoms with van der Waals surface area (Å²) in [5, 5.41) is 0. The molecule has 9 nitrogen and oxygen atoms in total. The Morgan fingerprint density at radius 3 is 1.21 bits per heavy atom. The van der Waals surface area contributed by atoms with Crippen molar-refractivity contribution in [2.45, 2.75) is 238 Å². The van der Waals surface area contributed by atoms with E-state index >= 15 is 0 Å². The van der Waals surface area contributed by atoms with E-state index in [1.807, 2.05) is 21.1 Å². The van der Waals surface area contributed by atoms with Gasteiger partial charge in [0.05, 0.1) is 27.7 Å². The van der Waals surface area contributed by atoms with Crippen LogP contribution in [-0.4, -0.2) is 70.0 Å². The van der Waals surface area contributed by atoms with E-state index in [1.165, 1.54) is 103 Å². The van der Waals surface area contributed by atoms with E-state index in [0.29, 0.717) is 17.4 Å². The third-order valence-electron chi connectivity index (χ3n) is 11.9. The first-order valence-corrected chi connectivity index (χ1v) is 29.8. The van der Waals surface area contributed by atoms with Gasteiger partial charge in [0.1, 0.15) is 19.8 Å². The number of hydrogen-bond donors (Lipinski definition) is 0. The summed E-state index contributed by atoms with van der Waals surface area (Å²) in [4.78, 5) is 37.8. The van der Waals surface area contributed by atoms with Crippen LogP contribution < -0.4 is 4.89 Å². The minimum absolute atomic E-state index is 0.0354. The highest BCUT2D eigenvalue weighted by molar-refractivity contribution is 7.45. The van der Waals surface area contributed by atoms with Crippen LogP contribution in [0.3, 0.4) is 0 Å². The van der Waals surface area contributed by atoms with E-state index in [2.05, 4.69) is 98.9 Å². The normalized spacial score (nSPS) is 14.0. The average Bonchev–Trinajstić information content (AvgIpc) is 3.32. The molecule has 0 radical (unpaired) electrons. The van der Waals surface area contributed by atoms with Crippen LogP contribution in [0.1, 0.15) is 232 Å². The van der Waals surface area contributed by atoms with Gasteiger partial charge in [-0.1, -0.05) is 214 Å². The largest absolute Gasteiger partial charge is 0.756 e. The molecule has 70 heavy (non-hydrogen) atoms. The lowest BCUT2D eigenvalue weighted by Crippen LogP contribution is -2.37. The SMILES string of the molecule is CC/C=C\C/C=C\C/C=C\C/C=C\C/C=C\CCCCCCCCCCCCCC(=O)OC(COC(=O)CCCCCCCCCCC/C=C\C/C=C\CCCCC)COP(=O)([O-])OCC[N+](C)(C)C. The number of phosphoric acid groups is 1. The molecular weight excluding hydrogens is 894 g/mol. The number of rotatable bonds is 51. The fourth-order valence-electron chi connectivity index (χ4n) is 7.54. The number of carbonyl (C=O) groups is 2. The number of esters is 2. The second-order valence-electron chi connectivity index (χ2n) is 19.9. The highest BCUT2D eigenvalue weighted by Gasteiger charge is 2.21. The first kappa shape index (κ1) is 67.2. The van der Waals surface area contributed by atoms with Gasteiger partial charge in [0.2, 0.25) is 0 Å². The first-order chi connectivity index (χ1) is 34.0. The van der Waals surface area contributed by atoms with Gasteiger partial charge in [-0.05, 0) is 89.9 Å². The minimum atomic E-state index is -4.64. The lowest BCUT2D eigenvalue weighted by Gasteiger charge is -2.28. The van der Waals surface area contributed by atoms with E-state index in [0.717, 1.165) is 96.3 Å². The highest BCUT2D eigenvalue weighted by Crippen LogP contribution is 2.38. The Balaban J connectivity index is 4.20. The smallest absolute Gasteiger partial charge is 0.306 e. The Kier molecular flexibility index (Phi) is 49.1. The Hall–Kier alpha value is -2.81. The molecule has 10 heteroatoms. The summed E-state index contributed by atoms with van der Waals surface area (Å²) in [6.07, 6.45) is 67.6. The predicted octanol–water partition coefficient (Wildman–Crippen LogP) is 16.8. The molecule has 2 atom stereocenters. The van der Waals surface area contributed by atoms with Crippen LogP contribution in [0.25, 0.3) is 0 Å². The van der Waals surface area contributed by atoms with Crippen LogP contribution in [-0.2, 0) is 32.7 Å². The van der Waals surface area contributed by atoms with E-state index < -0.39 is 26.5 Å². The summed E-state index contributed by atoms with van der Waals surface area (Å²) in [6.45, 7) is 4.10. The van der Waals surface area contributed by atoms with Gasteiger partial charge < -0.3 is 27.9 Å². The predicted molar refractivity (Wildman–Crippen MR) is 296 cm³/mol. The molecular formula is C60H106NO8P. The molecule has 0 saturated heterocycles. The van der Waals surface area contributed by atoms with Gasteiger partial charge in [-0.25, -0.2) is 0 Å². The summed E-state index contributed by atoms with van der Waals surface area (Å²) >= 11 is 0. The van der Waals surface area contributed by atoms with Crippen LogP contribution in [0.4, 0.5) is 0 Å². The minimum Gasteiger partial charge on any atom is -0.756 e. The Morgan fingerprint density at radius 2 is 0.814 bits per heavy atom. The molecule has 0 aliphatic rings. The molecule has 2 unspecified atom stereocenters. The number of phosphoric ester groups is 1. The average molecular weight is 1000 g/mol. The van der Waals surface area contributed by atoms with E-state index in [9.17, 15) is 19.0 Å². The quantitative estimate of drug-likeness (QED) is 0.0195. The summed E-state index contributed by atoms with van der Waals surface area (Å²) in [6, 6.07) is 0. The summed E-state index contributed by atoms with van der Waals surface area (Å²) in [5.74, 6) is -0.842. The number of carbonyl (C=O) groups excluding carboxylic acids is 2. The van der Waals surface area contributed by atoms with Crippen LogP contribution in [0, 0.1) is 0 Å². The first-order valence-electron chi connectivity index (χ1n) is 28.3. The number of allylic oxidation sites excluding steroid dienone is 14. The molecule has 0 bridgehead atoms. The van der Waals surface area contributed by atoms with Crippen molar-refractivity contribution in [3.05, 3.63) is 85.1 Å². The fraction of sp³-hybridized carbons (Fsp3) is 0.733. The molecule has 0 rings (SSSR count). The van der Waals surface area contributed by atoms with Gasteiger partial charge in [0.15, 0.2) is 6.10 Å². The van der Waals surface area contributed by atoms with Crippen LogP contribution in [0.2, 0.25) is 0 Å². The zero-order valence-electron chi connectivity index (χ0n) is 45.7. The second-order valence-corrected chi connectivity index (χ2v) is 21.3. The number of ether oxygens (including phenoxy) is 2. The molecule has 0 fully saturated rings. The molecule has 0 aliphatic carbocycles. The monoisotopic (exact) mass is 1000 g/mol. The molecule has 0 aliphatic heterocycles. The zero-order chi connectivity index (χ0) is 51.3. The summed E-state index contributed by atoms with van der Waals surface area (Å²) in [7, 11) is 1.15. The topological polar surface area (TPSA) is 111 Å². The lowest BCUT2D eigenvalue weighted by atomic mass is 10.0. The molecule has 0 aromatic rings. The van der Waals surface area contributed by atoms with Crippen molar-refractivity contribution >= 4 is 19.8 Å². The van der Waals surface area contributed by atoms with Crippen molar-refractivity contribution in [3.63, 3.8) is 0 Å². The molecule has 0 spiro atoms. The number of unbranched alkanes of at least 4 members (excludes halogenated alkanes) is 23. The van der Waals surface area contributed by atoms with Gasteiger partial charge in [-0.15, -0.1) is 0 Å². The summed E-state index contributed by atoms with van der Waals surface area (Å²) < 4.78 is 34.1. The van der Waals surface area contributed by atoms with E-state index in [1.54, 1.807) is 0 Å². The van der Waals surface area contributed by atoms with Crippen LogP contribution in [0.15, 0.2) is 85.1 Å². The summed E-state index contributed by atoms with van der Waals surface area (Å²) in [5.41, 5.74) is 0. The van der Waals surface area contributed by atoms with Crippen molar-refractivity contribution in [1.82, 2.24) is 0 Å². The molecule has 0 aromatic heterocycles. The van der Waals surface area contributed by atoms with Gasteiger partial charge in [0, 0.05) is 12.8 Å². The molecule has 0 aromatic carbocycles. The number of likely N-dealkylation sites (N-methyl/N-ethyl adjacent to an activating group) is 1. The Labute approximate surface area is 431 Å². The standard InChI is InChI=1S/C60H106NO8P/c1-6-8-10-12-14-16-18-20-22-24-26-27-28-29-30-31-32-33-35-37-39-41-43-45-47-49-51-53-60(63)69-58(57-68-70(64,65)67-55-54-61(3,4)5)56-66-59(62)52-50-48-46-44-42-40-38-36-34-25-23-21-19-17-15-13-11-9-7-2/h8,10,14-17,20-23,26-27,29-30,58H,6-7,9,11-13,18-19,24-25,28,31-57H2,1-5H3/b10-8-,16-14-,17-15-,22-20-,23-21-,27-26-,30-29-. The lowest BCUT2D eigenvalue weighted by molar-refractivity contribution is -0.870. The molecule has 0 amide bonds. The van der Waals surface area contributed by atoms with Crippen molar-refractivity contribution in [1.29, 1.82) is 0 Å². The van der Waals surface area contributed by atoms with Crippen molar-refractivity contribution < 1.29 is 42.1 Å². The highest BCUT2D eigenvalue weighted by atomic mass is 31.2. The maximum atomic E-state index is 12.8. The number of nitrogens with zero attached hydrogens (tertiary/aromatic N) is 1. The van der Waals surface area contributed by atoms with Gasteiger partial charge in [-0.2, -0.15) is 0 Å². The molecule has 0 N–H and O–H groups in total. The zero-order valence-corrected chi connectivity index (χ0v) is 46.6. The second kappa shape index (κ2) is 51.1. The molecule has 0 heterocycles. The number of hydrogen-bond acceptors (Lipinski definition) is 8. The fourth-order valence-corrected chi connectivity index (χ4v) is 8.26. The van der Waals surface area contributed by atoms with Crippen LogP contribution >= 0.6 is 7.82 Å². The van der Waals surface area contributed by atoms with E-state index in [-0.39, 0.29) is 32.0 Å². The van der Waals surface area contributed by atoms with E-state index in [4.69, 9.17) is 18.5 Å². The Morgan fingerprint density at radius 1 is 0.457 bits per heavy atom. The molecule has 0 saturated carbocycles. The van der Waals surface area contributed by atoms with Gasteiger partial charge in [-0.3, -0.25) is 14.2 Å². The maximum Gasteiger partial charge on any atom is 0.306 e. The van der Waals surface area contributed by atoms with Gasteiger partial charge >= 0.3 is 11.9 Å². The number of quaternary nitrogens is 1. The third kappa shape index (κ3) is 54.5. The van der Waals surface area contributed by atoms with Crippen molar-refractivity contribution in [3.8, 4) is 0 Å². The molecule has 404 valence electrons. The maximum absolute atomic E-state index is 12.8. The van der Waals surface area contributed by atoms with Gasteiger partial charge in [0.25, 0.3) is 7.82 Å².